The van der Waals surface area contributed by atoms with Crippen LogP contribution in [0.2, 0.25) is 0 Å². The van der Waals surface area contributed by atoms with E-state index in [1.165, 1.54) is 37.6 Å². The van der Waals surface area contributed by atoms with Gasteiger partial charge in [-0.05, 0) is 75.2 Å². The molecule has 3 N–H and O–H groups in total. The Balaban J connectivity index is 1.41. The number of pyridine rings is 2. The lowest BCUT2D eigenvalue weighted by Crippen LogP contribution is -2.54. The first-order chi connectivity index (χ1) is 23.2. The second-order valence-corrected chi connectivity index (χ2v) is 13.2. The number of amides is 2. The number of hydrogen-bond acceptors (Lipinski definition) is 7. The molecule has 1 saturated carbocycles. The van der Waals surface area contributed by atoms with E-state index in [1.54, 1.807) is 19.1 Å². The van der Waals surface area contributed by atoms with Crippen LogP contribution in [0.1, 0.15) is 67.6 Å². The van der Waals surface area contributed by atoms with Gasteiger partial charge in [-0.15, -0.1) is 0 Å². The van der Waals surface area contributed by atoms with E-state index in [0.717, 1.165) is 50.3 Å². The number of halogens is 4. The normalized spacial score (nSPS) is 19.8. The fourth-order valence-corrected chi connectivity index (χ4v) is 6.55. The van der Waals surface area contributed by atoms with Crippen molar-refractivity contribution in [2.75, 3.05) is 20.3 Å². The zero-order valence-corrected chi connectivity index (χ0v) is 27.2. The topological polar surface area (TPSA) is 123 Å². The summed E-state index contributed by atoms with van der Waals surface area (Å²) in [5.74, 6) is -1.66. The van der Waals surface area contributed by atoms with Gasteiger partial charge in [0.05, 0.1) is 19.3 Å². The Morgan fingerprint density at radius 3 is 2.43 bits per heavy atom. The standard InChI is InChI=1S/C36H36F4N4O5/c1-33(13-5-4-6-14-33)44-32(46)34(2)20-49-30-25(34)18-27(43-29(30)21-9-11-24(37)12-10-21)35(47,36(38,39)40)19-42-31(45)23-16-22-8-7-15-41-28(22)26(17-23)48-3/h7-12,15-18,47H,4-6,13-14,19-20H2,1-3H3,(H,42,45)(H,44,46)/t34-,35-/m0/s1. The maximum absolute atomic E-state index is 15.0. The second kappa shape index (κ2) is 12.6. The Labute approximate surface area is 280 Å². The van der Waals surface area contributed by atoms with Crippen LogP contribution >= 0.6 is 0 Å². The molecule has 1 fully saturated rings. The maximum atomic E-state index is 15.0. The Morgan fingerprint density at radius 1 is 1.04 bits per heavy atom. The Morgan fingerprint density at radius 2 is 1.76 bits per heavy atom. The van der Waals surface area contributed by atoms with Gasteiger partial charge in [0, 0.05) is 33.8 Å². The van der Waals surface area contributed by atoms with Crippen LogP contribution < -0.4 is 20.1 Å². The van der Waals surface area contributed by atoms with E-state index in [9.17, 15) is 32.3 Å². The summed E-state index contributed by atoms with van der Waals surface area (Å²) in [4.78, 5) is 35.7. The minimum absolute atomic E-state index is 0.0235. The number of carbonyl (C=O) groups excluding carboxylic acids is 2. The zero-order valence-electron chi connectivity index (χ0n) is 27.2. The highest BCUT2D eigenvalue weighted by atomic mass is 19.4. The number of rotatable bonds is 8. The predicted octanol–water partition coefficient (Wildman–Crippen LogP) is 6.11. The van der Waals surface area contributed by atoms with Crippen molar-refractivity contribution in [3.05, 3.63) is 83.4 Å². The quantitative estimate of drug-likeness (QED) is 0.192. The first-order valence-electron chi connectivity index (χ1n) is 15.9. The summed E-state index contributed by atoms with van der Waals surface area (Å²) >= 11 is 0. The van der Waals surface area contributed by atoms with E-state index in [4.69, 9.17) is 9.47 Å². The zero-order chi connectivity index (χ0) is 35.2. The molecule has 1 aliphatic heterocycles. The third-order valence-electron chi connectivity index (χ3n) is 9.61. The summed E-state index contributed by atoms with van der Waals surface area (Å²) in [6.07, 6.45) is 0.584. The van der Waals surface area contributed by atoms with Crippen LogP contribution in [0.4, 0.5) is 17.6 Å². The number of benzene rings is 2. The van der Waals surface area contributed by atoms with Gasteiger partial charge in [0.25, 0.3) is 5.91 Å². The third kappa shape index (κ3) is 6.27. The molecule has 0 bridgehead atoms. The molecule has 0 spiro atoms. The van der Waals surface area contributed by atoms with E-state index < -0.39 is 52.6 Å². The molecule has 13 heteroatoms. The molecule has 0 saturated heterocycles. The highest BCUT2D eigenvalue weighted by molar-refractivity contribution is 6.00. The predicted molar refractivity (Wildman–Crippen MR) is 173 cm³/mol. The average Bonchev–Trinajstić information content (AvgIpc) is 3.43. The summed E-state index contributed by atoms with van der Waals surface area (Å²) in [5.41, 5.74) is -5.96. The summed E-state index contributed by atoms with van der Waals surface area (Å²) in [6.45, 7) is 1.98. The fourth-order valence-electron chi connectivity index (χ4n) is 6.55. The molecule has 0 unspecified atom stereocenters. The number of nitrogens with zero attached hydrogens (tertiary/aromatic N) is 2. The molecule has 2 aromatic heterocycles. The Hall–Kier alpha value is -4.78. The van der Waals surface area contributed by atoms with Gasteiger partial charge >= 0.3 is 6.18 Å². The molecule has 258 valence electrons. The Bertz CT molecular complexity index is 1910. The third-order valence-corrected chi connectivity index (χ3v) is 9.61. The maximum Gasteiger partial charge on any atom is 0.424 e. The first kappa shape index (κ1) is 34.1. The van der Waals surface area contributed by atoms with Crippen molar-refractivity contribution >= 4 is 22.7 Å². The highest BCUT2D eigenvalue weighted by Gasteiger charge is 2.58. The average molecular weight is 681 g/mol. The molecular weight excluding hydrogens is 644 g/mol. The van der Waals surface area contributed by atoms with Crippen LogP contribution in [-0.2, 0) is 15.8 Å². The number of hydrogen-bond donors (Lipinski definition) is 3. The van der Waals surface area contributed by atoms with Gasteiger partial charge in [-0.1, -0.05) is 25.3 Å². The number of methoxy groups -OCH3 is 1. The van der Waals surface area contributed by atoms with E-state index in [0.29, 0.717) is 10.9 Å². The van der Waals surface area contributed by atoms with Gasteiger partial charge in [-0.25, -0.2) is 9.37 Å². The monoisotopic (exact) mass is 680 g/mol. The number of aromatic nitrogens is 2. The van der Waals surface area contributed by atoms with Crippen molar-refractivity contribution in [1.82, 2.24) is 20.6 Å². The highest BCUT2D eigenvalue weighted by Crippen LogP contribution is 2.48. The van der Waals surface area contributed by atoms with Gasteiger partial charge in [-0.3, -0.25) is 14.6 Å². The van der Waals surface area contributed by atoms with E-state index in [1.807, 2.05) is 6.92 Å². The van der Waals surface area contributed by atoms with Crippen molar-refractivity contribution in [3.8, 4) is 22.8 Å². The summed E-state index contributed by atoms with van der Waals surface area (Å²) in [5, 5.41) is 17.3. The molecule has 2 amide bonds. The second-order valence-electron chi connectivity index (χ2n) is 13.2. The summed E-state index contributed by atoms with van der Waals surface area (Å²) in [7, 11) is 1.37. The number of carbonyl (C=O) groups is 2. The molecule has 3 heterocycles. The van der Waals surface area contributed by atoms with Crippen molar-refractivity contribution in [2.24, 2.45) is 0 Å². The Kier molecular flexibility index (Phi) is 8.76. The van der Waals surface area contributed by atoms with Crippen LogP contribution in [0.15, 0.2) is 60.8 Å². The molecule has 2 atom stereocenters. The minimum Gasteiger partial charge on any atom is -0.494 e. The molecule has 49 heavy (non-hydrogen) atoms. The lowest BCUT2D eigenvalue weighted by Gasteiger charge is -2.37. The molecule has 2 aromatic carbocycles. The lowest BCUT2D eigenvalue weighted by molar-refractivity contribution is -0.265. The van der Waals surface area contributed by atoms with Crippen LogP contribution in [0, 0.1) is 5.82 Å². The van der Waals surface area contributed by atoms with Crippen molar-refractivity contribution in [1.29, 1.82) is 0 Å². The molecule has 0 radical (unpaired) electrons. The number of ether oxygens (including phenoxy) is 2. The van der Waals surface area contributed by atoms with Crippen molar-refractivity contribution in [2.45, 2.75) is 68.7 Å². The molecule has 4 aromatic rings. The van der Waals surface area contributed by atoms with Crippen LogP contribution in [-0.4, -0.2) is 58.9 Å². The number of alkyl halides is 3. The summed E-state index contributed by atoms with van der Waals surface area (Å²) < 4.78 is 70.2. The molecule has 9 nitrogen and oxygen atoms in total. The van der Waals surface area contributed by atoms with Gasteiger partial charge in [0.15, 0.2) is 0 Å². The smallest absolute Gasteiger partial charge is 0.424 e. The largest absolute Gasteiger partial charge is 0.494 e. The molecule has 2 aliphatic rings. The minimum atomic E-state index is -5.35. The van der Waals surface area contributed by atoms with Gasteiger partial charge < -0.3 is 25.2 Å². The SMILES string of the molecule is COc1cc(C(=O)NC[C@](O)(c2cc3c(c(-c4ccc(F)cc4)n2)OC[C@]3(C)C(=O)NC2(C)CCCCC2)C(F)(F)F)cc2cccnc12. The van der Waals surface area contributed by atoms with Gasteiger partial charge in [0.1, 0.15) is 40.5 Å². The van der Waals surface area contributed by atoms with Gasteiger partial charge in [0.2, 0.25) is 11.5 Å². The van der Waals surface area contributed by atoms with Crippen LogP contribution in [0.5, 0.6) is 11.5 Å². The summed E-state index contributed by atoms with van der Waals surface area (Å²) in [6, 6.07) is 12.0. The van der Waals surface area contributed by atoms with Crippen molar-refractivity contribution in [3.63, 3.8) is 0 Å². The molecule has 1 aliphatic carbocycles. The van der Waals surface area contributed by atoms with E-state index in [-0.39, 0.29) is 40.5 Å². The number of nitrogens with one attached hydrogen (secondary N) is 2. The first-order valence-corrected chi connectivity index (χ1v) is 15.9. The van der Waals surface area contributed by atoms with E-state index in [2.05, 4.69) is 20.6 Å². The molecule has 6 rings (SSSR count). The van der Waals surface area contributed by atoms with Crippen LogP contribution in [0.3, 0.4) is 0 Å². The lowest BCUT2D eigenvalue weighted by atomic mass is 9.78. The van der Waals surface area contributed by atoms with Crippen molar-refractivity contribution < 1.29 is 41.7 Å². The van der Waals surface area contributed by atoms with E-state index >= 15 is 0 Å². The number of aliphatic hydroxyl groups is 1. The molecular formula is C36H36F4N4O5. The van der Waals surface area contributed by atoms with Gasteiger partial charge in [-0.2, -0.15) is 13.2 Å². The number of fused-ring (bicyclic) bond motifs is 2. The fraction of sp³-hybridized carbons (Fsp3) is 0.389. The van der Waals surface area contributed by atoms with Crippen LogP contribution in [0.25, 0.3) is 22.2 Å².